The van der Waals surface area contributed by atoms with Crippen molar-refractivity contribution < 1.29 is 8.42 Å². The van der Waals surface area contributed by atoms with Gasteiger partial charge in [0.05, 0.1) is 5.88 Å². The lowest BCUT2D eigenvalue weighted by Gasteiger charge is -2.15. The summed E-state index contributed by atoms with van der Waals surface area (Å²) in [5.41, 5.74) is 0.835. The van der Waals surface area contributed by atoms with Gasteiger partial charge in [-0.2, -0.15) is 0 Å². The summed E-state index contributed by atoms with van der Waals surface area (Å²) in [6.45, 7) is 5.27. The van der Waals surface area contributed by atoms with Crippen LogP contribution in [-0.2, 0) is 22.4 Å². The van der Waals surface area contributed by atoms with E-state index in [-0.39, 0.29) is 0 Å². The lowest BCUT2D eigenvalue weighted by atomic mass is 10.3. The second-order valence-electron chi connectivity index (χ2n) is 4.27. The number of hydrogen-bond acceptors (Lipinski definition) is 2. The van der Waals surface area contributed by atoms with Crippen LogP contribution in [0.25, 0.3) is 0 Å². The molecule has 0 N–H and O–H groups in total. The first-order valence-electron chi connectivity index (χ1n) is 6.18. The number of rotatable bonds is 7. The zero-order valence-electron chi connectivity index (χ0n) is 11.2. The molecular weight excluding hydrogens is 272 g/mol. The molecule has 0 atom stereocenters. The molecule has 0 saturated heterocycles. The van der Waals surface area contributed by atoms with Gasteiger partial charge in [-0.05, 0) is 19.4 Å². The zero-order chi connectivity index (χ0) is 13.8. The number of alkyl halides is 1. The van der Waals surface area contributed by atoms with Crippen molar-refractivity contribution in [1.29, 1.82) is 0 Å². The maximum absolute atomic E-state index is 12.3. The molecule has 0 radical (unpaired) electrons. The third kappa shape index (κ3) is 3.28. The second kappa shape index (κ2) is 6.59. The highest BCUT2D eigenvalue weighted by atomic mass is 35.5. The molecule has 0 aromatic carbocycles. The normalized spacial score (nSPS) is 12.3. The third-order valence-electron chi connectivity index (χ3n) is 2.97. The fourth-order valence-corrected chi connectivity index (χ4v) is 3.26. The molecule has 18 heavy (non-hydrogen) atoms. The smallest absolute Gasteiger partial charge is 0.244 e. The Hall–Kier alpha value is -0.520. The molecule has 1 aromatic rings. The Labute approximate surface area is 115 Å². The van der Waals surface area contributed by atoms with E-state index in [1.165, 1.54) is 4.31 Å². The van der Waals surface area contributed by atoms with Crippen molar-refractivity contribution in [2.75, 3.05) is 13.6 Å². The monoisotopic (exact) mass is 292 g/mol. The summed E-state index contributed by atoms with van der Waals surface area (Å²) in [5, 5.41) is 0. The van der Waals surface area contributed by atoms with E-state index in [1.807, 2.05) is 18.4 Å². The molecule has 0 aliphatic heterocycles. The van der Waals surface area contributed by atoms with Gasteiger partial charge in [0.15, 0.2) is 0 Å². The van der Waals surface area contributed by atoms with Gasteiger partial charge in [0.1, 0.15) is 4.90 Å². The summed E-state index contributed by atoms with van der Waals surface area (Å²) in [4.78, 5) is 0.332. The number of sulfonamides is 1. The first kappa shape index (κ1) is 15.5. The standard InChI is InChI=1S/C12H21ClN2O2S/c1-4-6-7-14(3)18(16,17)12-8-11(9-13)15(5-2)10-12/h8,10H,4-7,9H2,1-3H3. The molecule has 1 heterocycles. The van der Waals surface area contributed by atoms with Gasteiger partial charge in [-0.1, -0.05) is 13.3 Å². The van der Waals surface area contributed by atoms with Gasteiger partial charge in [-0.25, -0.2) is 12.7 Å². The first-order chi connectivity index (χ1) is 8.47. The van der Waals surface area contributed by atoms with Crippen LogP contribution in [0.3, 0.4) is 0 Å². The molecule has 104 valence electrons. The molecule has 1 aromatic heterocycles. The predicted octanol–water partition coefficient (Wildman–Crippen LogP) is 2.67. The molecule has 0 aliphatic carbocycles. The van der Waals surface area contributed by atoms with Gasteiger partial charge < -0.3 is 4.57 Å². The van der Waals surface area contributed by atoms with E-state index in [1.54, 1.807) is 19.3 Å². The fraction of sp³-hybridized carbons (Fsp3) is 0.667. The van der Waals surface area contributed by atoms with Gasteiger partial charge in [-0.15, -0.1) is 11.6 Å². The molecule has 0 unspecified atom stereocenters. The Bertz CT molecular complexity index is 461. The van der Waals surface area contributed by atoms with Crippen LogP contribution in [0.4, 0.5) is 0 Å². The molecule has 4 nitrogen and oxygen atoms in total. The molecule has 0 saturated carbocycles. The zero-order valence-corrected chi connectivity index (χ0v) is 12.8. The molecule has 0 bridgehead atoms. The maximum Gasteiger partial charge on any atom is 0.244 e. The summed E-state index contributed by atoms with van der Waals surface area (Å²) in [6, 6.07) is 1.66. The van der Waals surface area contributed by atoms with E-state index in [2.05, 4.69) is 0 Å². The molecule has 1 rings (SSSR count). The van der Waals surface area contributed by atoms with Crippen LogP contribution in [-0.4, -0.2) is 30.9 Å². The largest absolute Gasteiger partial charge is 0.349 e. The quantitative estimate of drug-likeness (QED) is 0.725. The molecule has 0 spiro atoms. The highest BCUT2D eigenvalue weighted by Crippen LogP contribution is 2.19. The third-order valence-corrected chi connectivity index (χ3v) is 5.07. The van der Waals surface area contributed by atoms with Gasteiger partial charge in [0.25, 0.3) is 0 Å². The van der Waals surface area contributed by atoms with Crippen LogP contribution in [0.2, 0.25) is 0 Å². The summed E-state index contributed by atoms with van der Waals surface area (Å²) >= 11 is 5.81. The van der Waals surface area contributed by atoms with Crippen LogP contribution in [0.1, 0.15) is 32.4 Å². The van der Waals surface area contributed by atoms with Crippen molar-refractivity contribution in [2.24, 2.45) is 0 Å². The summed E-state index contributed by atoms with van der Waals surface area (Å²) in [6.07, 6.45) is 3.50. The number of aromatic nitrogens is 1. The van der Waals surface area contributed by atoms with Gasteiger partial charge in [0, 0.05) is 32.0 Å². The Morgan fingerprint density at radius 1 is 1.39 bits per heavy atom. The Kier molecular flexibility index (Phi) is 5.69. The summed E-state index contributed by atoms with van der Waals surface area (Å²) < 4.78 is 27.9. The minimum absolute atomic E-state index is 0.321. The Balaban J connectivity index is 3.01. The van der Waals surface area contributed by atoms with Crippen molar-refractivity contribution in [3.63, 3.8) is 0 Å². The first-order valence-corrected chi connectivity index (χ1v) is 8.16. The summed E-state index contributed by atoms with van der Waals surface area (Å²) in [7, 11) is -1.76. The van der Waals surface area contributed by atoms with E-state index in [9.17, 15) is 8.42 Å². The maximum atomic E-state index is 12.3. The van der Waals surface area contributed by atoms with Gasteiger partial charge in [-0.3, -0.25) is 0 Å². The van der Waals surface area contributed by atoms with Crippen molar-refractivity contribution in [2.45, 2.75) is 44.0 Å². The van der Waals surface area contributed by atoms with E-state index in [4.69, 9.17) is 11.6 Å². The number of hydrogen-bond donors (Lipinski definition) is 0. The van der Waals surface area contributed by atoms with E-state index in [0.29, 0.717) is 17.3 Å². The van der Waals surface area contributed by atoms with Crippen LogP contribution in [0.5, 0.6) is 0 Å². The van der Waals surface area contributed by atoms with Crippen LogP contribution in [0, 0.1) is 0 Å². The minimum atomic E-state index is -3.38. The average Bonchev–Trinajstić information content (AvgIpc) is 2.79. The highest BCUT2D eigenvalue weighted by Gasteiger charge is 2.22. The summed E-state index contributed by atoms with van der Waals surface area (Å²) in [5.74, 6) is 0.321. The second-order valence-corrected chi connectivity index (χ2v) is 6.58. The minimum Gasteiger partial charge on any atom is -0.349 e. The number of unbranched alkanes of at least 4 members (excludes halogenated alkanes) is 1. The van der Waals surface area contributed by atoms with Gasteiger partial charge >= 0.3 is 0 Å². The van der Waals surface area contributed by atoms with Crippen molar-refractivity contribution in [3.8, 4) is 0 Å². The van der Waals surface area contributed by atoms with Crippen molar-refractivity contribution >= 4 is 21.6 Å². The number of nitrogens with zero attached hydrogens (tertiary/aromatic N) is 2. The SMILES string of the molecule is CCCCN(C)S(=O)(=O)c1cc(CCl)n(CC)c1. The topological polar surface area (TPSA) is 42.3 Å². The molecule has 0 aliphatic rings. The highest BCUT2D eigenvalue weighted by molar-refractivity contribution is 7.89. The Morgan fingerprint density at radius 3 is 2.50 bits per heavy atom. The molecule has 6 heteroatoms. The van der Waals surface area contributed by atoms with Gasteiger partial charge in [0.2, 0.25) is 10.0 Å². The van der Waals surface area contributed by atoms with Crippen molar-refractivity contribution in [1.82, 2.24) is 8.87 Å². The molecule has 0 amide bonds. The van der Waals surface area contributed by atoms with Crippen molar-refractivity contribution in [3.05, 3.63) is 18.0 Å². The van der Waals surface area contributed by atoms with E-state index >= 15 is 0 Å². The van der Waals surface area contributed by atoms with Crippen LogP contribution in [0.15, 0.2) is 17.2 Å². The van der Waals surface area contributed by atoms with Crippen LogP contribution < -0.4 is 0 Å². The molecule has 0 fully saturated rings. The average molecular weight is 293 g/mol. The fourth-order valence-electron chi connectivity index (χ4n) is 1.75. The Morgan fingerprint density at radius 2 is 2.06 bits per heavy atom. The van der Waals surface area contributed by atoms with E-state index in [0.717, 1.165) is 25.1 Å². The van der Waals surface area contributed by atoms with E-state index < -0.39 is 10.0 Å². The predicted molar refractivity (Wildman–Crippen MR) is 74.4 cm³/mol. The molecular formula is C12H21ClN2O2S. The lowest BCUT2D eigenvalue weighted by Crippen LogP contribution is -2.27. The number of halogens is 1. The number of aryl methyl sites for hydroxylation is 1. The van der Waals surface area contributed by atoms with Crippen LogP contribution >= 0.6 is 11.6 Å². The lowest BCUT2D eigenvalue weighted by molar-refractivity contribution is 0.459.